The summed E-state index contributed by atoms with van der Waals surface area (Å²) in [5, 5.41) is 28.1. The van der Waals surface area contributed by atoms with Crippen molar-refractivity contribution in [3.05, 3.63) is 20.9 Å². The highest BCUT2D eigenvalue weighted by molar-refractivity contribution is 5.77. The van der Waals surface area contributed by atoms with Gasteiger partial charge in [-0.05, 0) is 89.7 Å². The summed E-state index contributed by atoms with van der Waals surface area (Å²) in [6.45, 7) is 26.2. The molecule has 0 aromatic carbocycles. The van der Waals surface area contributed by atoms with Gasteiger partial charge in [-0.15, -0.1) is 0 Å². The van der Waals surface area contributed by atoms with E-state index < -0.39 is 23.8 Å². The second kappa shape index (κ2) is 90.8. The first kappa shape index (κ1) is 110. The first-order chi connectivity index (χ1) is 54.4. The first-order valence-corrected chi connectivity index (χ1v) is 38.8. The van der Waals surface area contributed by atoms with E-state index in [2.05, 4.69) is 46.6 Å². The van der Waals surface area contributed by atoms with Gasteiger partial charge in [-0.3, -0.25) is 19.2 Å². The van der Waals surface area contributed by atoms with Gasteiger partial charge in [0.25, 0.3) is 0 Å². The Labute approximate surface area is 659 Å². The van der Waals surface area contributed by atoms with Crippen LogP contribution < -0.4 is 32.3 Å². The number of azide groups is 2. The number of aliphatic carboxylic acids is 1. The summed E-state index contributed by atoms with van der Waals surface area (Å²) < 4.78 is 135. The summed E-state index contributed by atoms with van der Waals surface area (Å²) in [5.41, 5.74) is 21.2. The van der Waals surface area contributed by atoms with Crippen molar-refractivity contribution in [1.29, 1.82) is 0 Å². The standard InChI is InChI=1S/C37H72N6O13.C32H64N6O11.C2HF3O2/c1-37(2,3)56-36(46)41-13-9-5-7-10-34(44)39-12-8-4-6-11-35(45)40-14-16-47-18-20-49-22-24-51-26-28-53-30-32-55-33-31-54-29-27-52-25-23-50-21-19-48-17-15-42-43-38;33-9-5-1-3-7-31(39)35-10-6-2-4-8-32(40)36-11-13-41-15-17-43-19-21-45-23-25-47-27-29-49-30-28-48-26-24-46-22-20-44-18-16-42-14-12-37-38-34;3-2(4,5)1(6)7/h4-33H2,1-3H3,(H,39,44)(H,40,45)(H,41,46);1-30,33H2,(H,35,39)(H,36,40);(H,6,7). The fourth-order valence-electron chi connectivity index (χ4n) is 8.23. The largest absolute Gasteiger partial charge is 0.490 e. The maximum atomic E-state index is 12.0. The van der Waals surface area contributed by atoms with E-state index in [1.54, 1.807) is 0 Å². The Morgan fingerprint density at radius 2 is 0.509 bits per heavy atom. The van der Waals surface area contributed by atoms with Crippen LogP contribution in [0.1, 0.15) is 124 Å². The van der Waals surface area contributed by atoms with Gasteiger partial charge in [0.15, 0.2) is 0 Å². The molecule has 0 aromatic rings. The third kappa shape index (κ3) is 102. The van der Waals surface area contributed by atoms with Crippen LogP contribution in [0.3, 0.4) is 0 Å². The number of carboxylic acids is 1. The predicted molar refractivity (Wildman–Crippen MR) is 406 cm³/mol. The first-order valence-electron chi connectivity index (χ1n) is 38.8. The molecule has 0 atom stereocenters. The molecule has 0 fully saturated rings. The van der Waals surface area contributed by atoms with Crippen molar-refractivity contribution in [1.82, 2.24) is 26.6 Å². The molecule has 0 saturated heterocycles. The quantitative estimate of drug-likeness (QED) is 0.0166. The molecule has 0 unspecified atom stereocenters. The Morgan fingerprint density at radius 3 is 0.714 bits per heavy atom. The molecule has 0 radical (unpaired) electrons. The van der Waals surface area contributed by atoms with E-state index >= 15 is 0 Å². The normalized spacial score (nSPS) is 11.2. The Morgan fingerprint density at radius 1 is 0.312 bits per heavy atom. The summed E-state index contributed by atoms with van der Waals surface area (Å²) in [6.07, 6.45) is 6.70. The van der Waals surface area contributed by atoms with E-state index in [1.807, 2.05) is 20.8 Å². The highest BCUT2D eigenvalue weighted by atomic mass is 19.4. The number of rotatable bonds is 83. The lowest BCUT2D eigenvalue weighted by Gasteiger charge is -2.19. The zero-order valence-corrected chi connectivity index (χ0v) is 67.0. The van der Waals surface area contributed by atoms with Gasteiger partial charge in [0.1, 0.15) is 5.60 Å². The third-order valence-electron chi connectivity index (χ3n) is 13.8. The molecule has 0 bridgehead atoms. The number of hydrogen-bond acceptors (Lipinski definition) is 28. The van der Waals surface area contributed by atoms with Crippen LogP contribution in [0.5, 0.6) is 0 Å². The fourth-order valence-corrected chi connectivity index (χ4v) is 8.23. The topological polar surface area (TPSA) is 482 Å². The van der Waals surface area contributed by atoms with Crippen molar-refractivity contribution in [3.8, 4) is 0 Å². The monoisotopic (exact) mass is 1630 g/mol. The molecule has 0 aromatic heterocycles. The van der Waals surface area contributed by atoms with Gasteiger partial charge in [0.05, 0.1) is 238 Å². The van der Waals surface area contributed by atoms with Crippen molar-refractivity contribution in [2.24, 2.45) is 16.0 Å². The minimum absolute atomic E-state index is 0.00736. The molecule has 0 heterocycles. The zero-order valence-electron chi connectivity index (χ0n) is 67.0. The Kier molecular flexibility index (Phi) is 89.5. The molecular formula is C71H137F3N12O26. The minimum atomic E-state index is -5.08. The lowest BCUT2D eigenvalue weighted by atomic mass is 10.1. The van der Waals surface area contributed by atoms with Crippen LogP contribution in [-0.2, 0) is 114 Å². The van der Waals surface area contributed by atoms with Crippen LogP contribution in [0.4, 0.5) is 18.0 Å². The van der Waals surface area contributed by atoms with E-state index in [4.69, 9.17) is 117 Å². The molecule has 0 rings (SSSR count). The van der Waals surface area contributed by atoms with Crippen LogP contribution in [0.2, 0.25) is 0 Å². The Balaban J connectivity index is -0.00000196. The number of amides is 5. The SMILES string of the molecule is CC(C)(C)OC(=O)NCCCCCC(=O)NCCCCCC(=O)NCCOCCOCCOCCOCCOCCOCCOCCOCCOCCN=[N+]=[N-].O=C(O)C(F)(F)F.[N-]=[N+]=NCCOCCOCCOCCOCCOCCOCCOCCOCCOCCNC(=O)CCCCCNC(=O)CCCCCN. The molecule has 0 aliphatic rings. The molecule has 38 nitrogen and oxygen atoms in total. The van der Waals surface area contributed by atoms with Crippen LogP contribution in [0, 0.1) is 0 Å². The van der Waals surface area contributed by atoms with Gasteiger partial charge in [-0.25, -0.2) is 9.59 Å². The second-order valence-electron chi connectivity index (χ2n) is 24.6. The molecule has 0 spiro atoms. The number of carbonyl (C=O) groups excluding carboxylic acids is 5. The lowest BCUT2D eigenvalue weighted by Crippen LogP contribution is -2.33. The van der Waals surface area contributed by atoms with Crippen LogP contribution in [0.15, 0.2) is 10.2 Å². The van der Waals surface area contributed by atoms with Crippen molar-refractivity contribution in [3.63, 3.8) is 0 Å². The van der Waals surface area contributed by atoms with E-state index in [9.17, 15) is 37.1 Å². The number of carboxylic acid groups (broad SMARTS) is 1. The molecule has 658 valence electrons. The van der Waals surface area contributed by atoms with Crippen LogP contribution in [-0.4, -0.2) is 343 Å². The molecule has 0 aliphatic carbocycles. The molecule has 8 N–H and O–H groups in total. The van der Waals surface area contributed by atoms with Crippen molar-refractivity contribution < 1.29 is 137 Å². The van der Waals surface area contributed by atoms with Gasteiger partial charge in [-0.2, -0.15) is 13.2 Å². The number of alkyl halides is 3. The lowest BCUT2D eigenvalue weighted by molar-refractivity contribution is -0.192. The maximum absolute atomic E-state index is 12.0. The van der Waals surface area contributed by atoms with Gasteiger partial charge in [0, 0.05) is 81.3 Å². The smallest absolute Gasteiger partial charge is 0.475 e. The van der Waals surface area contributed by atoms with Gasteiger partial charge in [-0.1, -0.05) is 35.9 Å². The van der Waals surface area contributed by atoms with Crippen molar-refractivity contribution >= 4 is 35.7 Å². The van der Waals surface area contributed by atoms with E-state index in [0.717, 1.165) is 77.0 Å². The van der Waals surface area contributed by atoms with Crippen molar-refractivity contribution in [2.45, 2.75) is 135 Å². The Hall–Kier alpha value is -5.73. The van der Waals surface area contributed by atoms with E-state index in [0.29, 0.717) is 316 Å². The molecular weight excluding hydrogens is 1490 g/mol. The minimum Gasteiger partial charge on any atom is -0.475 e. The summed E-state index contributed by atoms with van der Waals surface area (Å²) in [4.78, 5) is 73.3. The maximum Gasteiger partial charge on any atom is 0.490 e. The molecule has 112 heavy (non-hydrogen) atoms. The third-order valence-corrected chi connectivity index (χ3v) is 13.8. The molecule has 41 heteroatoms. The summed E-state index contributed by atoms with van der Waals surface area (Å²) >= 11 is 0. The molecule has 0 saturated carbocycles. The number of carbonyl (C=O) groups is 6. The zero-order chi connectivity index (χ0) is 82.7. The predicted octanol–water partition coefficient (Wildman–Crippen LogP) is 5.72. The van der Waals surface area contributed by atoms with Crippen LogP contribution >= 0.6 is 0 Å². The summed E-state index contributed by atoms with van der Waals surface area (Å²) in [6, 6.07) is 0. The number of hydrogen-bond donors (Lipinski definition) is 7. The number of halogens is 3. The second-order valence-corrected chi connectivity index (χ2v) is 24.6. The molecule has 0 aliphatic heterocycles. The average molecular weight is 1630 g/mol. The number of nitrogens with one attached hydrogen (secondary N) is 5. The van der Waals surface area contributed by atoms with Crippen LogP contribution in [0.25, 0.3) is 20.9 Å². The van der Waals surface area contributed by atoms with Gasteiger partial charge in [0.2, 0.25) is 23.6 Å². The van der Waals surface area contributed by atoms with E-state index in [1.165, 1.54) is 0 Å². The summed E-state index contributed by atoms with van der Waals surface area (Å²) in [7, 11) is 0. The Bertz CT molecular complexity index is 2230. The highest BCUT2D eigenvalue weighted by Gasteiger charge is 2.38. The summed E-state index contributed by atoms with van der Waals surface area (Å²) in [5.74, 6) is -2.63. The fraction of sp³-hybridized carbons (Fsp3) is 0.915. The van der Waals surface area contributed by atoms with Crippen molar-refractivity contribution in [2.75, 3.05) is 290 Å². The van der Waals surface area contributed by atoms with E-state index in [-0.39, 0.29) is 23.6 Å². The molecule has 5 amide bonds. The van der Waals surface area contributed by atoms with Gasteiger partial charge < -0.3 is 127 Å². The highest BCUT2D eigenvalue weighted by Crippen LogP contribution is 2.13. The number of ether oxygens (including phenoxy) is 19. The number of nitrogens with zero attached hydrogens (tertiary/aromatic N) is 6. The van der Waals surface area contributed by atoms with Gasteiger partial charge >= 0.3 is 18.2 Å². The average Bonchev–Trinajstić information content (AvgIpc) is 0.959. The number of unbranched alkanes of at least 4 members (excludes halogenated alkanes) is 8. The number of alkyl carbamates (subject to hydrolysis) is 1. The number of nitrogens with two attached hydrogens (primary N) is 1.